The number of unbranched alkanes of at least 4 members (excludes halogenated alkanes) is 39. The first-order valence-electron chi connectivity index (χ1n) is 31.8. The minimum atomic E-state index is -1.78. The second-order valence-corrected chi connectivity index (χ2v) is 22.9. The van der Waals surface area contributed by atoms with Crippen LogP contribution >= 0.6 is 0 Å². The summed E-state index contributed by atoms with van der Waals surface area (Å²) in [7, 11) is 0. The SMILES string of the molecule is CCCCCCCCCCCCCCCCCCCCCCCCCCCCCCCCC(=O)N[C@@H](CO[C@@H]1O[C@H](CO)[C@@H](O[C@@H]2O[C@H](CO)[C@H](O)C(O)C2O)C(O)C1O)[C@H](O)CCCCCCCCCCCCC. The van der Waals surface area contributed by atoms with Gasteiger partial charge in [-0.25, -0.2) is 0 Å². The fourth-order valence-corrected chi connectivity index (χ4v) is 10.9. The van der Waals surface area contributed by atoms with Gasteiger partial charge in [-0.05, 0) is 12.8 Å². The van der Waals surface area contributed by atoms with Crippen molar-refractivity contribution in [3.05, 3.63) is 0 Å². The standard InChI is InChI=1S/C61H119NO13/c1-3-5-7-9-11-13-15-16-17-18-19-20-21-22-23-24-25-26-27-28-29-30-31-32-33-35-37-39-41-43-45-53(66)62-49(50(65)44-42-40-38-36-34-14-12-10-8-6-4-2)48-72-60-58(71)56(69)59(52(47-64)74-60)75-61-57(70)55(68)54(67)51(46-63)73-61/h49-52,54-61,63-65,67-71H,3-48H2,1-2H3,(H,62,66)/t49-,50+,51+,52+,54-,55?,56?,57?,58?,59+,60+,61-/m0/s1. The van der Waals surface area contributed by atoms with Crippen molar-refractivity contribution in [2.45, 2.75) is 364 Å². The predicted octanol–water partition coefficient (Wildman–Crippen LogP) is 11.3. The number of aliphatic hydroxyl groups excluding tert-OH is 8. The predicted molar refractivity (Wildman–Crippen MR) is 300 cm³/mol. The average molecular weight is 1070 g/mol. The fraction of sp³-hybridized carbons (Fsp3) is 0.984. The quantitative estimate of drug-likeness (QED) is 0.0259. The topological polar surface area (TPSA) is 228 Å². The highest BCUT2D eigenvalue weighted by atomic mass is 16.7. The van der Waals surface area contributed by atoms with Crippen molar-refractivity contribution in [2.75, 3.05) is 19.8 Å². The molecule has 2 aliphatic rings. The molecule has 75 heavy (non-hydrogen) atoms. The highest BCUT2D eigenvalue weighted by Gasteiger charge is 2.51. The third kappa shape index (κ3) is 33.4. The van der Waals surface area contributed by atoms with Crippen molar-refractivity contribution in [3.8, 4) is 0 Å². The lowest BCUT2D eigenvalue weighted by molar-refractivity contribution is -0.359. The van der Waals surface area contributed by atoms with Crippen LogP contribution in [0.4, 0.5) is 0 Å². The number of nitrogens with one attached hydrogen (secondary N) is 1. The molecule has 0 aromatic heterocycles. The van der Waals surface area contributed by atoms with Crippen molar-refractivity contribution >= 4 is 5.91 Å². The van der Waals surface area contributed by atoms with E-state index < -0.39 is 86.8 Å². The Balaban J connectivity index is 1.61. The summed E-state index contributed by atoms with van der Waals surface area (Å²) in [6, 6.07) is -0.822. The van der Waals surface area contributed by atoms with Crippen LogP contribution in [0.5, 0.6) is 0 Å². The molecule has 0 spiro atoms. The fourth-order valence-electron chi connectivity index (χ4n) is 10.9. The maximum Gasteiger partial charge on any atom is 0.220 e. The van der Waals surface area contributed by atoms with Gasteiger partial charge in [-0.1, -0.05) is 271 Å². The molecular weight excluding hydrogens is 955 g/mol. The van der Waals surface area contributed by atoms with E-state index in [0.29, 0.717) is 12.8 Å². The monoisotopic (exact) mass is 1070 g/mol. The minimum absolute atomic E-state index is 0.201. The van der Waals surface area contributed by atoms with E-state index >= 15 is 0 Å². The molecule has 12 atom stereocenters. The van der Waals surface area contributed by atoms with Gasteiger partial charge < -0.3 is 65.1 Å². The Morgan fingerprint density at radius 3 is 1.13 bits per heavy atom. The number of carbonyl (C=O) groups excluding carboxylic acids is 1. The van der Waals surface area contributed by atoms with Crippen molar-refractivity contribution < 1.29 is 64.6 Å². The highest BCUT2D eigenvalue weighted by molar-refractivity contribution is 5.76. The summed E-state index contributed by atoms with van der Waals surface area (Å²) in [5, 5.41) is 87.1. The van der Waals surface area contributed by atoms with Crippen LogP contribution in [0.2, 0.25) is 0 Å². The van der Waals surface area contributed by atoms with E-state index in [9.17, 15) is 45.6 Å². The molecule has 14 nitrogen and oxygen atoms in total. The smallest absolute Gasteiger partial charge is 0.220 e. The zero-order valence-corrected chi connectivity index (χ0v) is 48.1. The van der Waals surface area contributed by atoms with Crippen LogP contribution in [-0.2, 0) is 23.7 Å². The van der Waals surface area contributed by atoms with Gasteiger partial charge in [0.15, 0.2) is 12.6 Å². The molecule has 0 saturated carbocycles. The summed E-state index contributed by atoms with van der Waals surface area (Å²) in [4.78, 5) is 13.3. The molecule has 1 amide bonds. The van der Waals surface area contributed by atoms with Gasteiger partial charge in [-0.2, -0.15) is 0 Å². The average Bonchev–Trinajstić information content (AvgIpc) is 3.41. The molecular formula is C61H119NO13. The summed E-state index contributed by atoms with van der Waals surface area (Å²) in [6.07, 6.45) is 37.1. The van der Waals surface area contributed by atoms with Crippen molar-refractivity contribution in [3.63, 3.8) is 0 Å². The number of hydrogen-bond donors (Lipinski definition) is 9. The Bertz CT molecular complexity index is 1270. The molecule has 2 rings (SSSR count). The molecule has 0 bridgehead atoms. The number of aliphatic hydroxyl groups is 8. The van der Waals surface area contributed by atoms with Gasteiger partial charge in [0.25, 0.3) is 0 Å². The Morgan fingerprint density at radius 2 is 0.760 bits per heavy atom. The van der Waals surface area contributed by atoms with Crippen molar-refractivity contribution in [1.29, 1.82) is 0 Å². The lowest BCUT2D eigenvalue weighted by Crippen LogP contribution is -2.65. The van der Waals surface area contributed by atoms with E-state index in [0.717, 1.165) is 51.4 Å². The third-order valence-corrected chi connectivity index (χ3v) is 16.1. The number of hydrogen-bond acceptors (Lipinski definition) is 13. The van der Waals surface area contributed by atoms with Crippen molar-refractivity contribution in [1.82, 2.24) is 5.32 Å². The summed E-state index contributed by atoms with van der Waals surface area (Å²) in [6.45, 7) is 2.88. The molecule has 4 unspecified atom stereocenters. The lowest BCUT2D eigenvalue weighted by Gasteiger charge is -2.46. The van der Waals surface area contributed by atoms with E-state index in [2.05, 4.69) is 19.2 Å². The summed E-state index contributed by atoms with van der Waals surface area (Å²) in [5.74, 6) is -0.201. The largest absolute Gasteiger partial charge is 0.394 e. The molecule has 446 valence electrons. The number of rotatable bonds is 52. The third-order valence-electron chi connectivity index (χ3n) is 16.1. The van der Waals surface area contributed by atoms with Crippen LogP contribution in [0, 0.1) is 0 Å². The molecule has 2 saturated heterocycles. The van der Waals surface area contributed by atoms with E-state index in [1.165, 1.54) is 212 Å². The van der Waals surface area contributed by atoms with Gasteiger partial charge in [0.1, 0.15) is 48.8 Å². The van der Waals surface area contributed by atoms with Crippen LogP contribution in [0.3, 0.4) is 0 Å². The van der Waals surface area contributed by atoms with Crippen LogP contribution in [0.15, 0.2) is 0 Å². The van der Waals surface area contributed by atoms with Crippen LogP contribution < -0.4 is 5.32 Å². The number of ether oxygens (including phenoxy) is 4. The molecule has 2 fully saturated rings. The van der Waals surface area contributed by atoms with E-state index in [1.807, 2.05) is 0 Å². The molecule has 2 heterocycles. The molecule has 0 aromatic carbocycles. The second-order valence-electron chi connectivity index (χ2n) is 22.9. The van der Waals surface area contributed by atoms with Gasteiger partial charge in [0.05, 0.1) is 32.0 Å². The maximum atomic E-state index is 13.3. The Kier molecular flexibility index (Phi) is 44.6. The summed E-state index contributed by atoms with van der Waals surface area (Å²) in [5.41, 5.74) is 0. The van der Waals surface area contributed by atoms with Gasteiger partial charge in [-0.15, -0.1) is 0 Å². The molecule has 14 heteroatoms. The molecule has 0 aliphatic carbocycles. The van der Waals surface area contributed by atoms with E-state index in [4.69, 9.17) is 18.9 Å². The van der Waals surface area contributed by atoms with Gasteiger partial charge in [0, 0.05) is 6.42 Å². The zero-order chi connectivity index (χ0) is 54.6. The lowest BCUT2D eigenvalue weighted by atomic mass is 9.97. The number of carbonyl (C=O) groups is 1. The van der Waals surface area contributed by atoms with Gasteiger partial charge >= 0.3 is 0 Å². The summed E-state index contributed by atoms with van der Waals surface area (Å²) >= 11 is 0. The zero-order valence-electron chi connectivity index (χ0n) is 48.1. The van der Waals surface area contributed by atoms with Gasteiger partial charge in [-0.3, -0.25) is 4.79 Å². The van der Waals surface area contributed by atoms with Crippen LogP contribution in [0.1, 0.15) is 290 Å². The minimum Gasteiger partial charge on any atom is -0.394 e. The van der Waals surface area contributed by atoms with E-state index in [1.54, 1.807) is 0 Å². The van der Waals surface area contributed by atoms with Gasteiger partial charge in [0.2, 0.25) is 5.91 Å². The Morgan fingerprint density at radius 1 is 0.427 bits per heavy atom. The molecule has 0 radical (unpaired) electrons. The first-order chi connectivity index (χ1) is 36.6. The number of amides is 1. The first-order valence-corrected chi connectivity index (χ1v) is 31.8. The second kappa shape index (κ2) is 47.8. The highest BCUT2D eigenvalue weighted by Crippen LogP contribution is 2.30. The molecule has 9 N–H and O–H groups in total. The summed E-state index contributed by atoms with van der Waals surface area (Å²) < 4.78 is 22.8. The molecule has 0 aromatic rings. The maximum absolute atomic E-state index is 13.3. The van der Waals surface area contributed by atoms with Crippen molar-refractivity contribution in [2.24, 2.45) is 0 Å². The van der Waals surface area contributed by atoms with Crippen LogP contribution in [0.25, 0.3) is 0 Å². The van der Waals surface area contributed by atoms with Crippen LogP contribution in [-0.4, -0.2) is 140 Å². The normalized spacial score (nSPS) is 24.9. The Labute approximate surface area is 457 Å². The Hall–Kier alpha value is -1.01. The van der Waals surface area contributed by atoms with E-state index in [-0.39, 0.29) is 12.5 Å². The first kappa shape index (κ1) is 70.1. The molecule has 2 aliphatic heterocycles.